The number of hydrogen-bond acceptors (Lipinski definition) is 5. The van der Waals surface area contributed by atoms with Crippen molar-refractivity contribution >= 4 is 17.4 Å². The number of nitrogens with one attached hydrogen (secondary N) is 1. The van der Waals surface area contributed by atoms with Crippen LogP contribution < -0.4 is 10.1 Å². The molecule has 0 spiro atoms. The van der Waals surface area contributed by atoms with Gasteiger partial charge < -0.3 is 10.1 Å². The Morgan fingerprint density at radius 2 is 1.97 bits per heavy atom. The van der Waals surface area contributed by atoms with Gasteiger partial charge in [-0.15, -0.1) is 0 Å². The molecule has 154 valence electrons. The third kappa shape index (κ3) is 4.93. The zero-order chi connectivity index (χ0) is 21.7. The van der Waals surface area contributed by atoms with Crippen LogP contribution in [0.5, 0.6) is 5.75 Å². The highest BCUT2D eigenvalue weighted by Crippen LogP contribution is 2.33. The van der Waals surface area contributed by atoms with E-state index < -0.39 is 22.5 Å². The molecule has 1 heterocycles. The quantitative estimate of drug-likeness (QED) is 0.454. The highest BCUT2D eigenvalue weighted by molar-refractivity contribution is 5.90. The molecule has 1 aromatic heterocycles. The van der Waals surface area contributed by atoms with Crippen LogP contribution >= 0.6 is 0 Å². The van der Waals surface area contributed by atoms with Crippen LogP contribution in [0.3, 0.4) is 0 Å². The van der Waals surface area contributed by atoms with Gasteiger partial charge in [0.25, 0.3) is 5.69 Å². The van der Waals surface area contributed by atoms with Crippen molar-refractivity contribution in [2.24, 2.45) is 0 Å². The lowest BCUT2D eigenvalue weighted by Gasteiger charge is -2.09. The smallest absolute Gasteiger partial charge is 0.280 e. The molecule has 1 N–H and O–H groups in total. The number of benzene rings is 2. The molecule has 9 heteroatoms. The molecule has 7 nitrogen and oxygen atoms in total. The number of nitro groups is 1. The van der Waals surface area contributed by atoms with E-state index in [-0.39, 0.29) is 29.9 Å². The minimum absolute atomic E-state index is 0.0445. The molecule has 0 radical (unpaired) electrons. The molecule has 0 aliphatic rings. The predicted octanol–water partition coefficient (Wildman–Crippen LogP) is 4.51. The fourth-order valence-corrected chi connectivity index (χ4v) is 2.88. The molecule has 0 bridgehead atoms. The van der Waals surface area contributed by atoms with Gasteiger partial charge in [-0.3, -0.25) is 14.9 Å². The Balaban J connectivity index is 1.74. The first-order chi connectivity index (χ1) is 14.4. The number of halogens is 2. The number of carbonyl (C=O) groups is 1. The van der Waals surface area contributed by atoms with Gasteiger partial charge in [0.05, 0.1) is 23.7 Å². The van der Waals surface area contributed by atoms with E-state index in [9.17, 15) is 23.7 Å². The van der Waals surface area contributed by atoms with Gasteiger partial charge in [0.2, 0.25) is 5.91 Å². The van der Waals surface area contributed by atoms with Crippen molar-refractivity contribution in [2.45, 2.75) is 12.8 Å². The van der Waals surface area contributed by atoms with Crippen LogP contribution in [0.1, 0.15) is 12.0 Å². The van der Waals surface area contributed by atoms with Crippen LogP contribution in [0, 0.1) is 21.7 Å². The summed E-state index contributed by atoms with van der Waals surface area (Å²) in [6.07, 6.45) is 1.46. The van der Waals surface area contributed by atoms with E-state index in [4.69, 9.17) is 4.74 Å². The molecule has 0 aliphatic carbocycles. The summed E-state index contributed by atoms with van der Waals surface area (Å²) in [5, 5.41) is 14.0. The van der Waals surface area contributed by atoms with E-state index >= 15 is 0 Å². The fourth-order valence-electron chi connectivity index (χ4n) is 2.88. The molecule has 3 rings (SSSR count). The Kier molecular flexibility index (Phi) is 6.31. The first-order valence-electron chi connectivity index (χ1n) is 8.90. The molecule has 2 aromatic carbocycles. The summed E-state index contributed by atoms with van der Waals surface area (Å²) >= 11 is 0. The molecule has 30 heavy (non-hydrogen) atoms. The highest BCUT2D eigenvalue weighted by Gasteiger charge is 2.17. The van der Waals surface area contributed by atoms with Crippen LogP contribution in [-0.2, 0) is 11.2 Å². The topological polar surface area (TPSA) is 94.4 Å². The van der Waals surface area contributed by atoms with Gasteiger partial charge in [-0.2, -0.15) is 0 Å². The number of amides is 1. The number of ether oxygens (including phenoxy) is 1. The van der Waals surface area contributed by atoms with Gasteiger partial charge in [0, 0.05) is 18.7 Å². The first kappa shape index (κ1) is 20.8. The Morgan fingerprint density at radius 3 is 2.67 bits per heavy atom. The van der Waals surface area contributed by atoms with Crippen LogP contribution in [-0.4, -0.2) is 22.9 Å². The monoisotopic (exact) mass is 413 g/mol. The van der Waals surface area contributed by atoms with Crippen molar-refractivity contribution in [1.29, 1.82) is 0 Å². The van der Waals surface area contributed by atoms with Crippen molar-refractivity contribution in [3.05, 3.63) is 82.0 Å². The third-order valence-corrected chi connectivity index (χ3v) is 4.38. The number of nitrogens with zero attached hydrogens (tertiary/aromatic N) is 2. The van der Waals surface area contributed by atoms with Gasteiger partial charge in [0.1, 0.15) is 23.2 Å². The number of carbonyl (C=O) groups excluding carboxylic acids is 1. The normalized spacial score (nSPS) is 10.5. The van der Waals surface area contributed by atoms with Crippen molar-refractivity contribution < 1.29 is 23.2 Å². The van der Waals surface area contributed by atoms with Crippen molar-refractivity contribution in [1.82, 2.24) is 4.98 Å². The lowest BCUT2D eigenvalue weighted by atomic mass is 10.0. The minimum Gasteiger partial charge on any atom is -0.497 e. The summed E-state index contributed by atoms with van der Waals surface area (Å²) < 4.78 is 31.7. The summed E-state index contributed by atoms with van der Waals surface area (Å²) in [7, 11) is 1.41. The average Bonchev–Trinajstić information content (AvgIpc) is 2.72. The van der Waals surface area contributed by atoms with Gasteiger partial charge in [-0.05, 0) is 47.9 Å². The van der Waals surface area contributed by atoms with Crippen molar-refractivity contribution in [2.75, 3.05) is 12.4 Å². The van der Waals surface area contributed by atoms with Gasteiger partial charge in [-0.25, -0.2) is 13.8 Å². The van der Waals surface area contributed by atoms with E-state index in [0.717, 1.165) is 12.1 Å². The maximum absolute atomic E-state index is 13.7. The summed E-state index contributed by atoms with van der Waals surface area (Å²) in [5.41, 5.74) is 0.901. The third-order valence-electron chi connectivity index (χ3n) is 4.38. The average molecular weight is 413 g/mol. The number of pyridine rings is 1. The van der Waals surface area contributed by atoms with Crippen molar-refractivity contribution in [3.8, 4) is 16.9 Å². The Bertz CT molecular complexity index is 1110. The van der Waals surface area contributed by atoms with Crippen LogP contribution in [0.25, 0.3) is 11.1 Å². The number of rotatable bonds is 7. The molecule has 0 aliphatic heterocycles. The molecule has 0 fully saturated rings. The first-order valence-corrected chi connectivity index (χ1v) is 8.90. The zero-order valence-electron chi connectivity index (χ0n) is 15.9. The van der Waals surface area contributed by atoms with Gasteiger partial charge in [0.15, 0.2) is 0 Å². The minimum atomic E-state index is -0.713. The Labute approximate surface area is 170 Å². The Hall–Kier alpha value is -3.88. The lowest BCUT2D eigenvalue weighted by molar-refractivity contribution is -0.384. The molecule has 0 saturated heterocycles. The van der Waals surface area contributed by atoms with E-state index in [1.165, 1.54) is 31.5 Å². The predicted molar refractivity (Wildman–Crippen MR) is 106 cm³/mol. The van der Waals surface area contributed by atoms with Crippen molar-refractivity contribution in [3.63, 3.8) is 0 Å². The number of nitro benzene ring substituents is 1. The summed E-state index contributed by atoms with van der Waals surface area (Å²) in [4.78, 5) is 27.1. The van der Waals surface area contributed by atoms with Crippen LogP contribution in [0.2, 0.25) is 0 Å². The summed E-state index contributed by atoms with van der Waals surface area (Å²) in [6.45, 7) is 0. The second-order valence-corrected chi connectivity index (χ2v) is 6.35. The standard InChI is InChI=1S/C21H17F2N3O4/c1-30-16-5-6-17(19(12-16)26(28)29)14-8-9-24-20(10-14)25-21(27)7-3-13-2-4-15(22)11-18(13)23/h2,4-6,8-12H,3,7H2,1H3,(H,24,25,27). The maximum Gasteiger partial charge on any atom is 0.280 e. The number of aromatic nitrogens is 1. The molecule has 3 aromatic rings. The summed E-state index contributed by atoms with van der Waals surface area (Å²) in [6, 6.07) is 10.7. The largest absolute Gasteiger partial charge is 0.497 e. The molecule has 1 amide bonds. The Morgan fingerprint density at radius 1 is 1.17 bits per heavy atom. The number of anilines is 1. The summed E-state index contributed by atoms with van der Waals surface area (Å²) in [5.74, 6) is -1.28. The molecular weight excluding hydrogens is 396 g/mol. The molecule has 0 atom stereocenters. The zero-order valence-corrected chi connectivity index (χ0v) is 15.9. The van der Waals surface area contributed by atoms with E-state index in [1.54, 1.807) is 18.2 Å². The number of hydrogen-bond donors (Lipinski definition) is 1. The van der Waals surface area contributed by atoms with Crippen LogP contribution in [0.15, 0.2) is 54.7 Å². The number of methoxy groups -OCH3 is 1. The fraction of sp³-hybridized carbons (Fsp3) is 0.143. The number of aryl methyl sites for hydroxylation is 1. The highest BCUT2D eigenvalue weighted by atomic mass is 19.1. The molecule has 0 saturated carbocycles. The van der Waals surface area contributed by atoms with E-state index in [2.05, 4.69) is 10.3 Å². The van der Waals surface area contributed by atoms with Gasteiger partial charge in [-0.1, -0.05) is 6.07 Å². The SMILES string of the molecule is COc1ccc(-c2ccnc(NC(=O)CCc3ccc(F)cc3F)c2)c([N+](=O)[O-])c1. The maximum atomic E-state index is 13.7. The van der Waals surface area contributed by atoms with E-state index in [0.29, 0.717) is 16.9 Å². The molecule has 0 unspecified atom stereocenters. The van der Waals surface area contributed by atoms with Gasteiger partial charge >= 0.3 is 0 Å². The van der Waals surface area contributed by atoms with Crippen LogP contribution in [0.4, 0.5) is 20.3 Å². The lowest BCUT2D eigenvalue weighted by Crippen LogP contribution is -2.13. The second-order valence-electron chi connectivity index (χ2n) is 6.35. The van der Waals surface area contributed by atoms with E-state index in [1.807, 2.05) is 0 Å². The second kappa shape index (κ2) is 9.08. The molecular formula is C21H17F2N3O4.